The van der Waals surface area contributed by atoms with E-state index in [4.69, 9.17) is 10.2 Å². The first-order valence-corrected chi connectivity index (χ1v) is 7.45. The van der Waals surface area contributed by atoms with Crippen LogP contribution in [0.4, 0.5) is 5.69 Å². The third kappa shape index (κ3) is 2.71. The van der Waals surface area contributed by atoms with Crippen molar-refractivity contribution < 1.29 is 18.3 Å². The van der Waals surface area contributed by atoms with E-state index in [2.05, 4.69) is 0 Å². The van der Waals surface area contributed by atoms with Crippen molar-refractivity contribution in [2.45, 2.75) is 11.8 Å². The molecular weight excluding hydrogens is 268 g/mol. The van der Waals surface area contributed by atoms with Gasteiger partial charge in [0.2, 0.25) is 10.0 Å². The molecule has 1 aromatic carbocycles. The van der Waals surface area contributed by atoms with Crippen molar-refractivity contribution in [3.8, 4) is 0 Å². The van der Waals surface area contributed by atoms with Crippen LogP contribution in [-0.4, -0.2) is 32.6 Å². The van der Waals surface area contributed by atoms with Crippen LogP contribution in [0.2, 0.25) is 0 Å². The summed E-state index contributed by atoms with van der Waals surface area (Å²) in [6.07, 6.45) is 0. The molecule has 0 spiro atoms. The summed E-state index contributed by atoms with van der Waals surface area (Å²) in [6, 6.07) is 6.48. The monoisotopic (exact) mass is 284 g/mol. The lowest BCUT2D eigenvalue weighted by Crippen LogP contribution is -2.51. The fourth-order valence-electron chi connectivity index (χ4n) is 2.19. The highest BCUT2D eigenvalue weighted by atomic mass is 32.2. The molecule has 0 bridgehead atoms. The van der Waals surface area contributed by atoms with Gasteiger partial charge in [0.1, 0.15) is 4.90 Å². The third-order valence-electron chi connectivity index (χ3n) is 3.52. The van der Waals surface area contributed by atoms with E-state index in [0.717, 1.165) is 0 Å². The first kappa shape index (κ1) is 13.8. The van der Waals surface area contributed by atoms with Gasteiger partial charge in [-0.15, -0.1) is 0 Å². The number of nitrogens with zero attached hydrogens (tertiary/aromatic N) is 1. The average Bonchev–Trinajstić information content (AvgIpc) is 2.26. The van der Waals surface area contributed by atoms with Crippen LogP contribution in [0.15, 0.2) is 29.2 Å². The molecule has 104 valence electrons. The number of nitrogens with two attached hydrogens (primary N) is 1. The number of anilines is 1. The number of aliphatic carboxylic acids is 1. The Labute approximate surface area is 111 Å². The van der Waals surface area contributed by atoms with Crippen molar-refractivity contribution in [2.24, 2.45) is 17.0 Å². The van der Waals surface area contributed by atoms with Crippen molar-refractivity contribution in [3.63, 3.8) is 0 Å². The fraction of sp³-hybridized carbons (Fsp3) is 0.417. The second-order valence-electron chi connectivity index (χ2n) is 4.80. The molecule has 1 saturated heterocycles. The van der Waals surface area contributed by atoms with E-state index in [1.54, 1.807) is 25.1 Å². The van der Waals surface area contributed by atoms with Gasteiger partial charge in [-0.25, -0.2) is 13.6 Å². The molecule has 1 aliphatic rings. The van der Waals surface area contributed by atoms with Gasteiger partial charge in [-0.1, -0.05) is 19.1 Å². The van der Waals surface area contributed by atoms with E-state index in [0.29, 0.717) is 18.8 Å². The van der Waals surface area contributed by atoms with E-state index >= 15 is 0 Å². The second-order valence-corrected chi connectivity index (χ2v) is 6.33. The highest BCUT2D eigenvalue weighted by Gasteiger charge is 2.36. The predicted octanol–water partition coefficient (Wildman–Crippen LogP) is 0.491. The number of carboxylic acid groups (broad SMARTS) is 1. The topological polar surface area (TPSA) is 101 Å². The Morgan fingerprint density at radius 2 is 2.00 bits per heavy atom. The Bertz CT molecular complexity index is 594. The van der Waals surface area contributed by atoms with Crippen LogP contribution in [-0.2, 0) is 14.8 Å². The van der Waals surface area contributed by atoms with Gasteiger partial charge in [-0.3, -0.25) is 4.79 Å². The van der Waals surface area contributed by atoms with Crippen LogP contribution < -0.4 is 10.0 Å². The Morgan fingerprint density at radius 1 is 1.42 bits per heavy atom. The minimum Gasteiger partial charge on any atom is -0.481 e. The molecule has 0 radical (unpaired) electrons. The number of hydrogen-bond donors (Lipinski definition) is 2. The summed E-state index contributed by atoms with van der Waals surface area (Å²) in [5.41, 5.74) is 0.541. The lowest BCUT2D eigenvalue weighted by Gasteiger charge is -2.43. The average molecular weight is 284 g/mol. The summed E-state index contributed by atoms with van der Waals surface area (Å²) in [6.45, 7) is 2.72. The smallest absolute Gasteiger partial charge is 0.306 e. The van der Waals surface area contributed by atoms with Crippen molar-refractivity contribution in [3.05, 3.63) is 24.3 Å². The normalized spacial score (nSPS) is 17.9. The lowest BCUT2D eigenvalue weighted by molar-refractivity contribution is -0.143. The van der Waals surface area contributed by atoms with Crippen molar-refractivity contribution in [1.82, 2.24) is 0 Å². The number of para-hydroxylation sites is 1. The summed E-state index contributed by atoms with van der Waals surface area (Å²) < 4.78 is 23.0. The molecule has 2 rings (SSSR count). The first-order chi connectivity index (χ1) is 8.80. The van der Waals surface area contributed by atoms with Crippen molar-refractivity contribution in [2.75, 3.05) is 18.0 Å². The molecular formula is C12H16N2O4S. The van der Waals surface area contributed by atoms with Gasteiger partial charge >= 0.3 is 5.97 Å². The van der Waals surface area contributed by atoms with Crippen LogP contribution in [0.3, 0.4) is 0 Å². The van der Waals surface area contributed by atoms with Crippen molar-refractivity contribution >= 4 is 21.7 Å². The minimum absolute atomic E-state index is 0.0334. The quantitative estimate of drug-likeness (QED) is 0.838. The summed E-state index contributed by atoms with van der Waals surface area (Å²) in [5.74, 6) is -1.23. The van der Waals surface area contributed by atoms with Gasteiger partial charge in [0.25, 0.3) is 0 Å². The molecule has 1 heterocycles. The van der Waals surface area contributed by atoms with Crippen LogP contribution in [0.1, 0.15) is 6.92 Å². The summed E-state index contributed by atoms with van der Waals surface area (Å²) in [4.78, 5) is 12.8. The SMILES string of the molecule is CC(C(=O)O)C1CN(c2ccccc2S(N)(=O)=O)C1. The van der Waals surface area contributed by atoms with Gasteiger partial charge in [0.15, 0.2) is 0 Å². The lowest BCUT2D eigenvalue weighted by atomic mass is 9.87. The van der Waals surface area contributed by atoms with Gasteiger partial charge < -0.3 is 10.0 Å². The number of carbonyl (C=O) groups is 1. The molecule has 1 unspecified atom stereocenters. The number of benzene rings is 1. The number of carboxylic acids is 1. The maximum atomic E-state index is 11.5. The fourth-order valence-corrected chi connectivity index (χ4v) is 2.94. The zero-order valence-electron chi connectivity index (χ0n) is 10.5. The molecule has 1 fully saturated rings. The maximum absolute atomic E-state index is 11.5. The molecule has 1 aromatic rings. The standard InChI is InChI=1S/C12H16N2O4S/c1-8(12(15)16)9-6-14(7-9)10-4-2-3-5-11(10)19(13,17)18/h2-5,8-9H,6-7H2,1H3,(H,15,16)(H2,13,17,18). The molecule has 0 aromatic heterocycles. The molecule has 7 heteroatoms. The Hall–Kier alpha value is -1.60. The van der Waals surface area contributed by atoms with E-state index < -0.39 is 21.9 Å². The summed E-state index contributed by atoms with van der Waals surface area (Å²) >= 11 is 0. The largest absolute Gasteiger partial charge is 0.481 e. The Balaban J connectivity index is 2.17. The van der Waals surface area contributed by atoms with Crippen LogP contribution in [0.5, 0.6) is 0 Å². The minimum atomic E-state index is -3.77. The molecule has 0 amide bonds. The number of rotatable bonds is 4. The first-order valence-electron chi connectivity index (χ1n) is 5.90. The maximum Gasteiger partial charge on any atom is 0.306 e. The molecule has 6 nitrogen and oxygen atoms in total. The van der Waals surface area contributed by atoms with E-state index in [1.807, 2.05) is 4.90 Å². The van der Waals surface area contributed by atoms with Gasteiger partial charge in [0, 0.05) is 19.0 Å². The number of primary sulfonamides is 1. The van der Waals surface area contributed by atoms with Crippen LogP contribution in [0, 0.1) is 11.8 Å². The van der Waals surface area contributed by atoms with E-state index in [9.17, 15) is 13.2 Å². The van der Waals surface area contributed by atoms with E-state index in [1.165, 1.54) is 6.07 Å². The highest BCUT2D eigenvalue weighted by molar-refractivity contribution is 7.89. The van der Waals surface area contributed by atoms with Gasteiger partial charge in [-0.05, 0) is 12.1 Å². The molecule has 19 heavy (non-hydrogen) atoms. The molecule has 3 N–H and O–H groups in total. The number of sulfonamides is 1. The van der Waals surface area contributed by atoms with Crippen molar-refractivity contribution in [1.29, 1.82) is 0 Å². The summed E-state index contributed by atoms with van der Waals surface area (Å²) in [5, 5.41) is 14.1. The third-order valence-corrected chi connectivity index (χ3v) is 4.48. The molecule has 0 aliphatic carbocycles. The zero-order valence-corrected chi connectivity index (χ0v) is 11.3. The number of hydrogen-bond acceptors (Lipinski definition) is 4. The van der Waals surface area contributed by atoms with Crippen LogP contribution >= 0.6 is 0 Å². The molecule has 0 saturated carbocycles. The Kier molecular flexibility index (Phi) is 3.51. The van der Waals surface area contributed by atoms with E-state index in [-0.39, 0.29) is 10.8 Å². The predicted molar refractivity (Wildman–Crippen MR) is 70.3 cm³/mol. The zero-order chi connectivity index (χ0) is 14.2. The van der Waals surface area contributed by atoms with Crippen LogP contribution in [0.25, 0.3) is 0 Å². The Morgan fingerprint density at radius 3 is 2.53 bits per heavy atom. The van der Waals surface area contributed by atoms with Gasteiger partial charge in [0.05, 0.1) is 11.6 Å². The molecule has 1 aliphatic heterocycles. The highest BCUT2D eigenvalue weighted by Crippen LogP contribution is 2.33. The van der Waals surface area contributed by atoms with Gasteiger partial charge in [-0.2, -0.15) is 0 Å². The summed E-state index contributed by atoms with van der Waals surface area (Å²) in [7, 11) is -3.77. The second kappa shape index (κ2) is 4.82. The molecule has 1 atom stereocenters.